The summed E-state index contributed by atoms with van der Waals surface area (Å²) in [6, 6.07) is 9.09. The van der Waals surface area contributed by atoms with E-state index in [4.69, 9.17) is 4.74 Å². The van der Waals surface area contributed by atoms with Crippen molar-refractivity contribution >= 4 is 6.09 Å². The number of carbonyl (C=O) groups excluding carboxylic acids is 1. The second-order valence-electron chi connectivity index (χ2n) is 4.80. The summed E-state index contributed by atoms with van der Waals surface area (Å²) in [6.45, 7) is 0.196. The minimum Gasteiger partial charge on any atom is -0.445 e. The molecule has 0 aliphatic heterocycles. The van der Waals surface area contributed by atoms with E-state index in [0.717, 1.165) is 5.56 Å². The molecule has 1 aromatic carbocycles. The molecule has 104 valence electrons. The van der Waals surface area contributed by atoms with E-state index in [1.54, 1.807) is 0 Å². The predicted octanol–water partition coefficient (Wildman–Crippen LogP) is 2.16. The number of alkyl carbamates (subject to hydrolysis) is 1. The lowest BCUT2D eigenvalue weighted by molar-refractivity contribution is 0.0314. The van der Waals surface area contributed by atoms with E-state index in [2.05, 4.69) is 5.32 Å². The summed E-state index contributed by atoms with van der Waals surface area (Å²) in [5, 5.41) is 11.9. The Kier molecular flexibility index (Phi) is 4.74. The van der Waals surface area contributed by atoms with Crippen LogP contribution in [-0.4, -0.2) is 29.5 Å². The van der Waals surface area contributed by atoms with E-state index < -0.39 is 18.4 Å². The van der Waals surface area contributed by atoms with Crippen LogP contribution in [0.5, 0.6) is 0 Å². The maximum atomic E-state index is 13.3. The van der Waals surface area contributed by atoms with Gasteiger partial charge in [-0.15, -0.1) is 0 Å². The lowest BCUT2D eigenvalue weighted by Crippen LogP contribution is -2.43. The number of amides is 1. The molecule has 0 heterocycles. The minimum absolute atomic E-state index is 0.140. The summed E-state index contributed by atoms with van der Waals surface area (Å²) in [4.78, 5) is 11.6. The van der Waals surface area contributed by atoms with Crippen molar-refractivity contribution in [2.45, 2.75) is 44.2 Å². The standard InChI is InChI=1S/C14H18FNO3/c15-12-8-11(6-7-13(12)17)16-14(18)19-9-10-4-2-1-3-5-10/h1-5,11-13,17H,6-9H2,(H,16,18)/t11-,12+,13-/m1/s1. The van der Waals surface area contributed by atoms with Gasteiger partial charge in [0.15, 0.2) is 0 Å². The van der Waals surface area contributed by atoms with E-state index in [-0.39, 0.29) is 19.1 Å². The van der Waals surface area contributed by atoms with E-state index in [1.165, 1.54) is 0 Å². The van der Waals surface area contributed by atoms with E-state index in [0.29, 0.717) is 12.8 Å². The first-order chi connectivity index (χ1) is 9.15. The van der Waals surface area contributed by atoms with Gasteiger partial charge >= 0.3 is 6.09 Å². The second-order valence-corrected chi connectivity index (χ2v) is 4.80. The van der Waals surface area contributed by atoms with Crippen molar-refractivity contribution < 1.29 is 19.0 Å². The van der Waals surface area contributed by atoms with Gasteiger partial charge in [-0.1, -0.05) is 30.3 Å². The Balaban J connectivity index is 1.73. The molecular formula is C14H18FNO3. The molecule has 3 atom stereocenters. The van der Waals surface area contributed by atoms with Gasteiger partial charge in [0.25, 0.3) is 0 Å². The summed E-state index contributed by atoms with van der Waals surface area (Å²) >= 11 is 0. The van der Waals surface area contributed by atoms with Crippen LogP contribution in [0.2, 0.25) is 0 Å². The van der Waals surface area contributed by atoms with Crippen molar-refractivity contribution in [3.8, 4) is 0 Å². The van der Waals surface area contributed by atoms with Crippen molar-refractivity contribution in [1.29, 1.82) is 0 Å². The normalized spacial score (nSPS) is 26.7. The minimum atomic E-state index is -1.27. The van der Waals surface area contributed by atoms with Crippen LogP contribution in [0, 0.1) is 0 Å². The summed E-state index contributed by atoms with van der Waals surface area (Å²) < 4.78 is 18.3. The van der Waals surface area contributed by atoms with Crippen LogP contribution in [-0.2, 0) is 11.3 Å². The highest BCUT2D eigenvalue weighted by molar-refractivity contribution is 5.67. The number of carbonyl (C=O) groups is 1. The maximum Gasteiger partial charge on any atom is 0.407 e. The van der Waals surface area contributed by atoms with Crippen LogP contribution in [0.4, 0.5) is 9.18 Å². The average molecular weight is 267 g/mol. The maximum absolute atomic E-state index is 13.3. The quantitative estimate of drug-likeness (QED) is 0.882. The van der Waals surface area contributed by atoms with Crippen LogP contribution in [0.3, 0.4) is 0 Å². The van der Waals surface area contributed by atoms with Gasteiger partial charge in [-0.05, 0) is 18.4 Å². The number of alkyl halides is 1. The lowest BCUT2D eigenvalue weighted by atomic mass is 9.92. The predicted molar refractivity (Wildman–Crippen MR) is 68.3 cm³/mol. The molecule has 0 unspecified atom stereocenters. The van der Waals surface area contributed by atoms with Gasteiger partial charge in [0.1, 0.15) is 12.8 Å². The van der Waals surface area contributed by atoms with E-state index in [1.807, 2.05) is 30.3 Å². The van der Waals surface area contributed by atoms with Gasteiger partial charge in [-0.3, -0.25) is 0 Å². The van der Waals surface area contributed by atoms with Gasteiger partial charge in [0.2, 0.25) is 0 Å². The number of hydrogen-bond donors (Lipinski definition) is 2. The Morgan fingerprint density at radius 3 is 2.79 bits per heavy atom. The Bertz CT molecular complexity index is 412. The zero-order valence-electron chi connectivity index (χ0n) is 10.6. The Morgan fingerprint density at radius 2 is 2.11 bits per heavy atom. The highest BCUT2D eigenvalue weighted by Gasteiger charge is 2.29. The Labute approximate surface area is 111 Å². The van der Waals surface area contributed by atoms with Gasteiger partial charge in [-0.2, -0.15) is 0 Å². The Morgan fingerprint density at radius 1 is 1.37 bits per heavy atom. The number of rotatable bonds is 3. The van der Waals surface area contributed by atoms with Gasteiger partial charge in [0.05, 0.1) is 6.10 Å². The molecule has 0 saturated heterocycles. The number of hydrogen-bond acceptors (Lipinski definition) is 3. The third-order valence-electron chi connectivity index (χ3n) is 3.27. The fraction of sp³-hybridized carbons (Fsp3) is 0.500. The molecule has 1 fully saturated rings. The van der Waals surface area contributed by atoms with Gasteiger partial charge < -0.3 is 15.2 Å². The molecule has 1 aromatic rings. The van der Waals surface area contributed by atoms with E-state index >= 15 is 0 Å². The molecule has 1 amide bonds. The molecule has 0 radical (unpaired) electrons. The van der Waals surface area contributed by atoms with Crippen LogP contribution in [0.15, 0.2) is 30.3 Å². The number of benzene rings is 1. The number of ether oxygens (including phenoxy) is 1. The van der Waals surface area contributed by atoms with Crippen LogP contribution >= 0.6 is 0 Å². The number of nitrogens with one attached hydrogen (secondary N) is 1. The molecule has 4 nitrogen and oxygen atoms in total. The van der Waals surface area contributed by atoms with Crippen LogP contribution in [0.1, 0.15) is 24.8 Å². The largest absolute Gasteiger partial charge is 0.445 e. The average Bonchev–Trinajstić information content (AvgIpc) is 2.42. The first-order valence-electron chi connectivity index (χ1n) is 6.44. The second kappa shape index (κ2) is 6.52. The SMILES string of the molecule is O=C(N[C@@H]1CC[C@@H](O)[C@@H](F)C1)OCc1ccccc1. The summed E-state index contributed by atoms with van der Waals surface area (Å²) in [5.41, 5.74) is 0.903. The Hall–Kier alpha value is -1.62. The van der Waals surface area contributed by atoms with Crippen molar-refractivity contribution in [3.63, 3.8) is 0 Å². The van der Waals surface area contributed by atoms with Crippen LogP contribution in [0.25, 0.3) is 0 Å². The third-order valence-corrected chi connectivity index (χ3v) is 3.27. The van der Waals surface area contributed by atoms with Crippen LogP contribution < -0.4 is 5.32 Å². The smallest absolute Gasteiger partial charge is 0.407 e. The van der Waals surface area contributed by atoms with Crippen molar-refractivity contribution in [1.82, 2.24) is 5.32 Å². The topological polar surface area (TPSA) is 58.6 Å². The zero-order chi connectivity index (χ0) is 13.7. The molecular weight excluding hydrogens is 249 g/mol. The number of aliphatic hydroxyl groups excluding tert-OH is 1. The third kappa shape index (κ3) is 4.21. The summed E-state index contributed by atoms with van der Waals surface area (Å²) in [6.07, 6.45) is -1.64. The molecule has 5 heteroatoms. The van der Waals surface area contributed by atoms with Gasteiger partial charge in [0, 0.05) is 12.5 Å². The van der Waals surface area contributed by atoms with Crippen molar-refractivity contribution in [2.75, 3.05) is 0 Å². The fourth-order valence-electron chi connectivity index (χ4n) is 2.16. The van der Waals surface area contributed by atoms with Crippen molar-refractivity contribution in [3.05, 3.63) is 35.9 Å². The molecule has 19 heavy (non-hydrogen) atoms. The zero-order valence-corrected chi connectivity index (χ0v) is 10.6. The number of aliphatic hydroxyl groups is 1. The molecule has 1 aliphatic carbocycles. The first kappa shape index (κ1) is 13.8. The monoisotopic (exact) mass is 267 g/mol. The van der Waals surface area contributed by atoms with E-state index in [9.17, 15) is 14.3 Å². The molecule has 1 aliphatic rings. The number of halogens is 1. The van der Waals surface area contributed by atoms with Gasteiger partial charge in [-0.25, -0.2) is 9.18 Å². The highest BCUT2D eigenvalue weighted by Crippen LogP contribution is 2.21. The molecule has 0 bridgehead atoms. The first-order valence-corrected chi connectivity index (χ1v) is 6.44. The molecule has 2 rings (SSSR count). The highest BCUT2D eigenvalue weighted by atomic mass is 19.1. The van der Waals surface area contributed by atoms with Crippen molar-refractivity contribution in [2.24, 2.45) is 0 Å². The molecule has 0 spiro atoms. The molecule has 0 aromatic heterocycles. The molecule has 1 saturated carbocycles. The summed E-state index contributed by atoms with van der Waals surface area (Å²) in [5.74, 6) is 0. The lowest BCUT2D eigenvalue weighted by Gasteiger charge is -2.28. The fourth-order valence-corrected chi connectivity index (χ4v) is 2.16. The molecule has 2 N–H and O–H groups in total. The summed E-state index contributed by atoms with van der Waals surface area (Å²) in [7, 11) is 0.